The molecule has 3 heteroatoms. The highest BCUT2D eigenvalue weighted by Crippen LogP contribution is 2.41. The molecular formula is C13H18O3. The Morgan fingerprint density at radius 1 is 1.38 bits per heavy atom. The Bertz CT molecular complexity index is 354. The summed E-state index contributed by atoms with van der Waals surface area (Å²) in [6.07, 6.45) is 2.59. The summed E-state index contributed by atoms with van der Waals surface area (Å²) in [6, 6.07) is 0. The van der Waals surface area contributed by atoms with Gasteiger partial charge in [0.2, 0.25) is 11.6 Å². The van der Waals surface area contributed by atoms with Crippen LogP contribution >= 0.6 is 0 Å². The van der Waals surface area contributed by atoms with E-state index in [1.807, 2.05) is 13.0 Å². The average molecular weight is 222 g/mol. The predicted octanol–water partition coefficient (Wildman–Crippen LogP) is 1.76. The van der Waals surface area contributed by atoms with Crippen molar-refractivity contribution >= 4 is 11.6 Å². The van der Waals surface area contributed by atoms with Crippen molar-refractivity contribution in [3.05, 3.63) is 11.6 Å². The number of carbonyl (C=O) groups excluding carboxylic acids is 2. The highest BCUT2D eigenvalue weighted by Gasteiger charge is 2.48. The first-order valence-corrected chi connectivity index (χ1v) is 5.97. The maximum atomic E-state index is 11.9. The van der Waals surface area contributed by atoms with Crippen LogP contribution in [-0.4, -0.2) is 24.3 Å². The quantitative estimate of drug-likeness (QED) is 0.540. The number of Topliss-reactive ketones (excluding diaryl/α,β-unsaturated/α-hetero) is 2. The zero-order valence-electron chi connectivity index (χ0n) is 10.0. The molecule has 0 heterocycles. The van der Waals surface area contributed by atoms with Crippen molar-refractivity contribution in [1.29, 1.82) is 0 Å². The molecule has 0 saturated heterocycles. The molecule has 0 radical (unpaired) electrons. The van der Waals surface area contributed by atoms with Crippen LogP contribution < -0.4 is 0 Å². The van der Waals surface area contributed by atoms with Crippen LogP contribution in [-0.2, 0) is 14.3 Å². The topological polar surface area (TPSA) is 43.4 Å². The van der Waals surface area contributed by atoms with Crippen LogP contribution in [0.4, 0.5) is 0 Å². The largest absolute Gasteiger partial charge is 0.377 e. The van der Waals surface area contributed by atoms with Crippen LogP contribution in [0.3, 0.4) is 0 Å². The Kier molecular flexibility index (Phi) is 2.98. The van der Waals surface area contributed by atoms with Gasteiger partial charge in [-0.15, -0.1) is 0 Å². The number of ketones is 2. The highest BCUT2D eigenvalue weighted by molar-refractivity contribution is 6.41. The highest BCUT2D eigenvalue weighted by atomic mass is 16.5. The van der Waals surface area contributed by atoms with Crippen molar-refractivity contribution in [1.82, 2.24) is 0 Å². The van der Waals surface area contributed by atoms with Crippen LogP contribution in [0.2, 0.25) is 0 Å². The van der Waals surface area contributed by atoms with Gasteiger partial charge in [0.05, 0.1) is 12.0 Å². The fraction of sp³-hybridized carbons (Fsp3) is 0.692. The Balaban J connectivity index is 2.34. The maximum Gasteiger partial charge on any atom is 0.208 e. The third kappa shape index (κ3) is 1.63. The summed E-state index contributed by atoms with van der Waals surface area (Å²) in [7, 11) is 0. The molecule has 0 aromatic carbocycles. The Hall–Kier alpha value is -0.960. The lowest BCUT2D eigenvalue weighted by atomic mass is 9.65. The van der Waals surface area contributed by atoms with Crippen molar-refractivity contribution < 1.29 is 14.3 Å². The molecule has 0 spiro atoms. The summed E-state index contributed by atoms with van der Waals surface area (Å²) in [5, 5.41) is 0. The summed E-state index contributed by atoms with van der Waals surface area (Å²) in [4.78, 5) is 23.6. The molecule has 0 aromatic rings. The molecule has 1 fully saturated rings. The molecule has 3 aliphatic rings. The molecule has 3 aliphatic carbocycles. The van der Waals surface area contributed by atoms with E-state index in [9.17, 15) is 9.59 Å². The zero-order chi connectivity index (χ0) is 11.9. The number of ether oxygens (including phenoxy) is 1. The van der Waals surface area contributed by atoms with E-state index in [0.29, 0.717) is 18.9 Å². The second kappa shape index (κ2) is 4.13. The van der Waals surface area contributed by atoms with E-state index in [1.54, 1.807) is 0 Å². The first-order chi connectivity index (χ1) is 7.56. The number of allylic oxidation sites excluding steroid dienone is 1. The summed E-state index contributed by atoms with van der Waals surface area (Å²) in [5.74, 6) is -0.678. The minimum Gasteiger partial charge on any atom is -0.377 e. The number of rotatable bonds is 3. The fourth-order valence-electron chi connectivity index (χ4n) is 2.77. The van der Waals surface area contributed by atoms with Gasteiger partial charge in [-0.05, 0) is 19.3 Å². The molecule has 1 saturated carbocycles. The monoisotopic (exact) mass is 222 g/mol. The van der Waals surface area contributed by atoms with Gasteiger partial charge in [-0.2, -0.15) is 0 Å². The van der Waals surface area contributed by atoms with Crippen LogP contribution in [0.15, 0.2) is 11.6 Å². The van der Waals surface area contributed by atoms with Gasteiger partial charge >= 0.3 is 0 Å². The van der Waals surface area contributed by atoms with Gasteiger partial charge < -0.3 is 4.74 Å². The minimum atomic E-state index is -0.308. The number of carbonyl (C=O) groups is 2. The van der Waals surface area contributed by atoms with Crippen molar-refractivity contribution in [3.8, 4) is 0 Å². The minimum absolute atomic E-state index is 0.0809. The first-order valence-electron chi connectivity index (χ1n) is 5.97. The van der Waals surface area contributed by atoms with E-state index in [1.165, 1.54) is 0 Å². The lowest BCUT2D eigenvalue weighted by Gasteiger charge is -2.40. The van der Waals surface area contributed by atoms with Crippen molar-refractivity contribution in [2.24, 2.45) is 17.8 Å². The standard InChI is InChI=1S/C13H18O3/c1-4-16-10-6-8-5-9(7(2)3)11(10)13(15)12(8)14/h5,7-8,10-11H,4,6H2,1-3H3/t8-,10+,11+/m1/s1. The van der Waals surface area contributed by atoms with E-state index in [4.69, 9.17) is 4.74 Å². The lowest BCUT2D eigenvalue weighted by molar-refractivity contribution is -0.149. The van der Waals surface area contributed by atoms with E-state index in [-0.39, 0.29) is 29.5 Å². The van der Waals surface area contributed by atoms with E-state index < -0.39 is 0 Å². The molecule has 0 amide bonds. The molecule has 0 N–H and O–H groups in total. The average Bonchev–Trinajstić information content (AvgIpc) is 2.24. The molecule has 0 unspecified atom stereocenters. The SMILES string of the molecule is CCO[C@H]1C[C@H]2C=C(C(C)C)[C@@H]1C(=O)C2=O. The van der Waals surface area contributed by atoms with Gasteiger partial charge in [0.1, 0.15) is 0 Å². The van der Waals surface area contributed by atoms with Crippen molar-refractivity contribution in [2.45, 2.75) is 33.3 Å². The molecule has 0 aliphatic heterocycles. The van der Waals surface area contributed by atoms with Gasteiger partial charge in [-0.25, -0.2) is 0 Å². The second-order valence-electron chi connectivity index (χ2n) is 4.86. The number of fused-ring (bicyclic) bond motifs is 2. The molecular weight excluding hydrogens is 204 g/mol. The third-order valence-corrected chi connectivity index (χ3v) is 3.52. The van der Waals surface area contributed by atoms with Crippen LogP contribution in [0.25, 0.3) is 0 Å². The van der Waals surface area contributed by atoms with E-state index in [0.717, 1.165) is 5.57 Å². The zero-order valence-corrected chi connectivity index (χ0v) is 10.0. The van der Waals surface area contributed by atoms with Crippen molar-refractivity contribution in [3.63, 3.8) is 0 Å². The molecule has 3 atom stereocenters. The summed E-state index contributed by atoms with van der Waals surface area (Å²) in [5.41, 5.74) is 1.10. The lowest BCUT2D eigenvalue weighted by Crippen LogP contribution is -2.50. The van der Waals surface area contributed by atoms with E-state index >= 15 is 0 Å². The Morgan fingerprint density at radius 2 is 2.06 bits per heavy atom. The molecule has 16 heavy (non-hydrogen) atoms. The second-order valence-corrected chi connectivity index (χ2v) is 4.86. The van der Waals surface area contributed by atoms with E-state index in [2.05, 4.69) is 13.8 Å². The molecule has 3 rings (SSSR count). The molecule has 0 aromatic heterocycles. The molecule has 3 nitrogen and oxygen atoms in total. The normalized spacial score (nSPS) is 33.5. The van der Waals surface area contributed by atoms with Crippen LogP contribution in [0, 0.1) is 17.8 Å². The van der Waals surface area contributed by atoms with Crippen LogP contribution in [0.5, 0.6) is 0 Å². The van der Waals surface area contributed by atoms with Gasteiger partial charge in [-0.1, -0.05) is 25.5 Å². The summed E-state index contributed by atoms with van der Waals surface area (Å²) < 4.78 is 5.60. The smallest absolute Gasteiger partial charge is 0.208 e. The Labute approximate surface area is 95.9 Å². The molecule has 2 bridgehead atoms. The van der Waals surface area contributed by atoms with Gasteiger partial charge in [0.25, 0.3) is 0 Å². The fourth-order valence-corrected chi connectivity index (χ4v) is 2.77. The number of hydrogen-bond donors (Lipinski definition) is 0. The van der Waals surface area contributed by atoms with Gasteiger partial charge in [0, 0.05) is 12.5 Å². The Morgan fingerprint density at radius 3 is 2.56 bits per heavy atom. The summed E-state index contributed by atoms with van der Waals surface area (Å²) >= 11 is 0. The van der Waals surface area contributed by atoms with Gasteiger partial charge in [0.15, 0.2) is 0 Å². The third-order valence-electron chi connectivity index (χ3n) is 3.52. The van der Waals surface area contributed by atoms with Gasteiger partial charge in [-0.3, -0.25) is 9.59 Å². The predicted molar refractivity (Wildman–Crippen MR) is 59.9 cm³/mol. The van der Waals surface area contributed by atoms with Crippen molar-refractivity contribution in [2.75, 3.05) is 6.61 Å². The maximum absolute atomic E-state index is 11.9. The molecule has 88 valence electrons. The first kappa shape index (κ1) is 11.5. The van der Waals surface area contributed by atoms with Crippen LogP contribution in [0.1, 0.15) is 27.2 Å². The number of hydrogen-bond acceptors (Lipinski definition) is 3. The summed E-state index contributed by atoms with van der Waals surface area (Å²) in [6.45, 7) is 6.65.